The number of hydrogen-bond donors (Lipinski definition) is 1. The number of aryl methyl sites for hydroxylation is 1. The largest absolute Gasteiger partial charge is 0.481 e. The van der Waals surface area contributed by atoms with E-state index in [1.165, 1.54) is 5.56 Å². The van der Waals surface area contributed by atoms with Crippen LogP contribution in [-0.2, 0) is 4.79 Å². The molecule has 92 valence electrons. The molecular formula is C14H19NO2. The number of anilines is 1. The summed E-state index contributed by atoms with van der Waals surface area (Å²) < 4.78 is 0. The first-order valence-corrected chi connectivity index (χ1v) is 6.00. The molecule has 17 heavy (non-hydrogen) atoms. The highest BCUT2D eigenvalue weighted by molar-refractivity contribution is 5.74. The van der Waals surface area contributed by atoms with E-state index in [-0.39, 0.29) is 11.5 Å². The number of hydrogen-bond acceptors (Lipinski definition) is 2. The summed E-state index contributed by atoms with van der Waals surface area (Å²) in [5.41, 5.74) is 2.01. The van der Waals surface area contributed by atoms with Crippen LogP contribution in [-0.4, -0.2) is 23.2 Å². The molecule has 0 radical (unpaired) electrons. The minimum atomic E-state index is -0.690. The first-order chi connectivity index (χ1) is 7.93. The van der Waals surface area contributed by atoms with Gasteiger partial charge in [0.15, 0.2) is 0 Å². The van der Waals surface area contributed by atoms with Gasteiger partial charge in [0.1, 0.15) is 0 Å². The lowest BCUT2D eigenvalue weighted by Crippen LogP contribution is -2.45. The summed E-state index contributed by atoms with van der Waals surface area (Å²) in [5, 5.41) is 9.24. The Balaban J connectivity index is 2.33. The molecule has 0 saturated carbocycles. The molecule has 0 amide bonds. The van der Waals surface area contributed by atoms with Crippen molar-refractivity contribution in [2.75, 3.05) is 11.4 Å². The van der Waals surface area contributed by atoms with Crippen LogP contribution in [0.25, 0.3) is 0 Å². The topological polar surface area (TPSA) is 40.5 Å². The summed E-state index contributed by atoms with van der Waals surface area (Å²) in [6.07, 6.45) is 0.719. The normalized spacial score (nSPS) is 22.8. The molecule has 0 spiro atoms. The van der Waals surface area contributed by atoms with Crippen LogP contribution >= 0.6 is 0 Å². The van der Waals surface area contributed by atoms with Gasteiger partial charge in [0.25, 0.3) is 0 Å². The molecule has 1 N–H and O–H groups in total. The molecule has 1 aromatic rings. The SMILES string of the molecule is Cc1cccc(N2CCC(C(=O)O)C2(C)C)c1. The summed E-state index contributed by atoms with van der Waals surface area (Å²) in [6.45, 7) is 6.90. The fourth-order valence-electron chi connectivity index (χ4n) is 2.77. The summed E-state index contributed by atoms with van der Waals surface area (Å²) in [7, 11) is 0. The van der Waals surface area contributed by atoms with E-state index in [0.29, 0.717) is 0 Å². The van der Waals surface area contributed by atoms with Crippen molar-refractivity contribution in [2.45, 2.75) is 32.7 Å². The van der Waals surface area contributed by atoms with Crippen LogP contribution in [0.3, 0.4) is 0 Å². The Bertz CT molecular complexity index is 440. The molecule has 1 saturated heterocycles. The van der Waals surface area contributed by atoms with Gasteiger partial charge in [-0.2, -0.15) is 0 Å². The Kier molecular flexibility index (Phi) is 2.86. The van der Waals surface area contributed by atoms with Crippen molar-refractivity contribution in [3.63, 3.8) is 0 Å². The maximum Gasteiger partial charge on any atom is 0.308 e. The van der Waals surface area contributed by atoms with E-state index in [1.54, 1.807) is 0 Å². The number of nitrogens with zero attached hydrogens (tertiary/aromatic N) is 1. The summed E-state index contributed by atoms with van der Waals surface area (Å²) in [5.74, 6) is -0.979. The van der Waals surface area contributed by atoms with E-state index in [0.717, 1.165) is 18.7 Å². The Morgan fingerprint density at radius 2 is 2.18 bits per heavy atom. The van der Waals surface area contributed by atoms with Crippen molar-refractivity contribution in [1.82, 2.24) is 0 Å². The number of benzene rings is 1. The number of carboxylic acids is 1. The Morgan fingerprint density at radius 3 is 2.71 bits per heavy atom. The van der Waals surface area contributed by atoms with Crippen molar-refractivity contribution < 1.29 is 9.90 Å². The molecule has 1 fully saturated rings. The average Bonchev–Trinajstić information content (AvgIpc) is 2.53. The Morgan fingerprint density at radius 1 is 1.47 bits per heavy atom. The van der Waals surface area contributed by atoms with Crippen LogP contribution in [0.4, 0.5) is 5.69 Å². The lowest BCUT2D eigenvalue weighted by molar-refractivity contribution is -0.142. The van der Waals surface area contributed by atoms with E-state index < -0.39 is 5.97 Å². The van der Waals surface area contributed by atoms with Gasteiger partial charge in [-0.25, -0.2) is 0 Å². The van der Waals surface area contributed by atoms with Crippen LogP contribution in [0.1, 0.15) is 25.8 Å². The molecule has 1 aromatic carbocycles. The Hall–Kier alpha value is -1.51. The molecule has 1 atom stereocenters. The van der Waals surface area contributed by atoms with Crippen LogP contribution < -0.4 is 4.90 Å². The summed E-state index contributed by atoms with van der Waals surface area (Å²) in [4.78, 5) is 13.4. The van der Waals surface area contributed by atoms with E-state index >= 15 is 0 Å². The van der Waals surface area contributed by atoms with E-state index in [9.17, 15) is 9.90 Å². The van der Waals surface area contributed by atoms with Crippen molar-refractivity contribution in [2.24, 2.45) is 5.92 Å². The van der Waals surface area contributed by atoms with Crippen LogP contribution in [0.5, 0.6) is 0 Å². The molecule has 0 aliphatic carbocycles. The van der Waals surface area contributed by atoms with Crippen molar-refractivity contribution in [3.05, 3.63) is 29.8 Å². The lowest BCUT2D eigenvalue weighted by Gasteiger charge is -2.36. The van der Waals surface area contributed by atoms with Crippen LogP contribution in [0.15, 0.2) is 24.3 Å². The fraction of sp³-hybridized carbons (Fsp3) is 0.500. The molecule has 0 aromatic heterocycles. The molecule has 2 rings (SSSR count). The first-order valence-electron chi connectivity index (χ1n) is 6.00. The molecular weight excluding hydrogens is 214 g/mol. The summed E-state index contributed by atoms with van der Waals surface area (Å²) in [6, 6.07) is 8.25. The second kappa shape index (κ2) is 4.06. The lowest BCUT2D eigenvalue weighted by atomic mass is 9.88. The maximum atomic E-state index is 11.2. The van der Waals surface area contributed by atoms with Gasteiger partial charge in [0.05, 0.1) is 5.92 Å². The molecule has 1 heterocycles. The van der Waals surface area contributed by atoms with Gasteiger partial charge in [-0.05, 0) is 44.9 Å². The zero-order chi connectivity index (χ0) is 12.6. The minimum Gasteiger partial charge on any atom is -0.481 e. The predicted molar refractivity (Wildman–Crippen MR) is 68.3 cm³/mol. The van der Waals surface area contributed by atoms with E-state index in [1.807, 2.05) is 19.9 Å². The second-order valence-electron chi connectivity index (χ2n) is 5.32. The third-order valence-electron chi connectivity index (χ3n) is 3.80. The fourth-order valence-corrected chi connectivity index (χ4v) is 2.77. The number of rotatable bonds is 2. The second-order valence-corrected chi connectivity index (χ2v) is 5.32. The third-order valence-corrected chi connectivity index (χ3v) is 3.80. The van der Waals surface area contributed by atoms with Crippen molar-refractivity contribution >= 4 is 11.7 Å². The number of aliphatic carboxylic acids is 1. The molecule has 1 aliphatic heterocycles. The van der Waals surface area contributed by atoms with Gasteiger partial charge in [-0.15, -0.1) is 0 Å². The van der Waals surface area contributed by atoms with Gasteiger partial charge >= 0.3 is 5.97 Å². The highest BCUT2D eigenvalue weighted by Gasteiger charge is 2.45. The molecule has 3 heteroatoms. The standard InChI is InChI=1S/C14H19NO2/c1-10-5-4-6-11(9-10)15-8-7-12(13(16)17)14(15,2)3/h4-6,9,12H,7-8H2,1-3H3,(H,16,17). The van der Waals surface area contributed by atoms with Crippen LogP contribution in [0.2, 0.25) is 0 Å². The van der Waals surface area contributed by atoms with Crippen molar-refractivity contribution in [1.29, 1.82) is 0 Å². The smallest absolute Gasteiger partial charge is 0.308 e. The highest BCUT2D eigenvalue weighted by atomic mass is 16.4. The predicted octanol–water partition coefficient (Wildman–Crippen LogP) is 2.68. The summed E-state index contributed by atoms with van der Waals surface area (Å²) >= 11 is 0. The van der Waals surface area contributed by atoms with Gasteiger partial charge in [0, 0.05) is 17.8 Å². The minimum absolute atomic E-state index is 0.289. The van der Waals surface area contributed by atoms with E-state index in [4.69, 9.17) is 0 Å². The molecule has 1 unspecified atom stereocenters. The average molecular weight is 233 g/mol. The van der Waals surface area contributed by atoms with Crippen LogP contribution in [0, 0.1) is 12.8 Å². The molecule has 3 nitrogen and oxygen atoms in total. The van der Waals surface area contributed by atoms with Crippen molar-refractivity contribution in [3.8, 4) is 0 Å². The third kappa shape index (κ3) is 2.02. The number of carbonyl (C=O) groups is 1. The van der Waals surface area contributed by atoms with Gasteiger partial charge in [-0.3, -0.25) is 4.79 Å². The number of carboxylic acid groups (broad SMARTS) is 1. The quantitative estimate of drug-likeness (QED) is 0.853. The zero-order valence-electron chi connectivity index (χ0n) is 10.6. The molecule has 0 bridgehead atoms. The van der Waals surface area contributed by atoms with Gasteiger partial charge in [0.2, 0.25) is 0 Å². The zero-order valence-corrected chi connectivity index (χ0v) is 10.6. The molecule has 1 aliphatic rings. The Labute approximate surface area is 102 Å². The monoisotopic (exact) mass is 233 g/mol. The van der Waals surface area contributed by atoms with Gasteiger partial charge in [-0.1, -0.05) is 12.1 Å². The maximum absolute atomic E-state index is 11.2. The first kappa shape index (κ1) is 12.0. The van der Waals surface area contributed by atoms with E-state index in [2.05, 4.69) is 30.0 Å². The van der Waals surface area contributed by atoms with Gasteiger partial charge < -0.3 is 10.0 Å². The highest BCUT2D eigenvalue weighted by Crippen LogP contribution is 2.38.